The molecule has 70 valence electrons. The normalized spacial score (nSPS) is 48.5. The summed E-state index contributed by atoms with van der Waals surface area (Å²) in [7, 11) is 0. The van der Waals surface area contributed by atoms with E-state index in [-0.39, 0.29) is 0 Å². The molecule has 12 heavy (non-hydrogen) atoms. The summed E-state index contributed by atoms with van der Waals surface area (Å²) < 4.78 is 0. The van der Waals surface area contributed by atoms with Gasteiger partial charge in [-0.1, -0.05) is 12.8 Å². The van der Waals surface area contributed by atoms with E-state index in [2.05, 4.69) is 0 Å². The molecule has 0 aromatic heterocycles. The summed E-state index contributed by atoms with van der Waals surface area (Å²) in [5.74, 6) is 0.774. The van der Waals surface area contributed by atoms with Gasteiger partial charge >= 0.3 is 0 Å². The highest BCUT2D eigenvalue weighted by Crippen LogP contribution is 2.39. The molecule has 0 saturated heterocycles. The molecule has 3 atom stereocenters. The Labute approximate surface area is 73.6 Å². The van der Waals surface area contributed by atoms with Crippen molar-refractivity contribution in [2.75, 3.05) is 0 Å². The van der Waals surface area contributed by atoms with Crippen molar-refractivity contribution in [3.63, 3.8) is 0 Å². The first-order valence-corrected chi connectivity index (χ1v) is 5.11. The minimum absolute atomic E-state index is 0.456. The Morgan fingerprint density at radius 3 is 2.67 bits per heavy atom. The van der Waals surface area contributed by atoms with Crippen LogP contribution in [0.25, 0.3) is 0 Å². The molecule has 0 aromatic carbocycles. The van der Waals surface area contributed by atoms with E-state index in [1.54, 1.807) is 0 Å². The summed E-state index contributed by atoms with van der Waals surface area (Å²) in [5, 5.41) is 19.8. The molecule has 2 saturated carbocycles. The fourth-order valence-corrected chi connectivity index (χ4v) is 2.70. The zero-order chi connectivity index (χ0) is 8.60. The Balaban J connectivity index is 2.17. The van der Waals surface area contributed by atoms with Crippen LogP contribution in [0, 0.1) is 5.92 Å². The SMILES string of the molecule is O[C@H]1CC[C@H]2CCC[C@]1(O)CC2. The quantitative estimate of drug-likeness (QED) is 0.577. The van der Waals surface area contributed by atoms with Crippen molar-refractivity contribution in [3.8, 4) is 0 Å². The first-order valence-electron chi connectivity index (χ1n) is 5.11. The Kier molecular flexibility index (Phi) is 2.13. The molecule has 0 unspecified atom stereocenters. The van der Waals surface area contributed by atoms with Crippen LogP contribution in [-0.2, 0) is 0 Å². The molecule has 2 fully saturated rings. The van der Waals surface area contributed by atoms with E-state index in [0.29, 0.717) is 0 Å². The maximum atomic E-state index is 10.1. The third-order valence-electron chi connectivity index (χ3n) is 3.68. The van der Waals surface area contributed by atoms with Crippen LogP contribution in [0.3, 0.4) is 0 Å². The van der Waals surface area contributed by atoms with Gasteiger partial charge in [-0.3, -0.25) is 0 Å². The van der Waals surface area contributed by atoms with Gasteiger partial charge in [-0.15, -0.1) is 0 Å². The van der Waals surface area contributed by atoms with Gasteiger partial charge in [-0.05, 0) is 38.0 Å². The van der Waals surface area contributed by atoms with Crippen LogP contribution >= 0.6 is 0 Å². The lowest BCUT2D eigenvalue weighted by Crippen LogP contribution is -2.41. The lowest BCUT2D eigenvalue weighted by Gasteiger charge is -2.31. The average molecular weight is 170 g/mol. The lowest BCUT2D eigenvalue weighted by atomic mass is 9.86. The summed E-state index contributed by atoms with van der Waals surface area (Å²) in [6.07, 6.45) is 6.57. The van der Waals surface area contributed by atoms with E-state index in [4.69, 9.17) is 0 Å². The van der Waals surface area contributed by atoms with E-state index in [9.17, 15) is 10.2 Å². The molecule has 0 radical (unpaired) electrons. The maximum absolute atomic E-state index is 10.1. The van der Waals surface area contributed by atoms with Gasteiger partial charge in [0, 0.05) is 0 Å². The third-order valence-corrected chi connectivity index (χ3v) is 3.68. The van der Waals surface area contributed by atoms with Gasteiger partial charge in [0.05, 0.1) is 11.7 Å². The molecule has 0 amide bonds. The minimum atomic E-state index is -0.731. The maximum Gasteiger partial charge on any atom is 0.0905 e. The third kappa shape index (κ3) is 1.38. The van der Waals surface area contributed by atoms with Crippen LogP contribution in [0.2, 0.25) is 0 Å². The largest absolute Gasteiger partial charge is 0.390 e. The molecule has 2 N–H and O–H groups in total. The Hall–Kier alpha value is -0.0800. The molecule has 0 heterocycles. The van der Waals surface area contributed by atoms with Gasteiger partial charge in [-0.25, -0.2) is 0 Å². The van der Waals surface area contributed by atoms with Crippen LogP contribution < -0.4 is 0 Å². The van der Waals surface area contributed by atoms with Gasteiger partial charge in [0.1, 0.15) is 0 Å². The highest BCUT2D eigenvalue weighted by atomic mass is 16.3. The number of hydrogen-bond donors (Lipinski definition) is 2. The van der Waals surface area contributed by atoms with Gasteiger partial charge in [-0.2, -0.15) is 0 Å². The van der Waals surface area contributed by atoms with Crippen LogP contribution in [0.15, 0.2) is 0 Å². The van der Waals surface area contributed by atoms with Crippen molar-refractivity contribution < 1.29 is 10.2 Å². The number of rotatable bonds is 0. The standard InChI is InChI=1S/C10H18O2/c11-9-4-3-8-2-1-6-10(9,12)7-5-8/h8-9,11-12H,1-7H2/t8-,9+,10+/m1/s1. The highest BCUT2D eigenvalue weighted by molar-refractivity contribution is 4.92. The van der Waals surface area contributed by atoms with Crippen molar-refractivity contribution in [3.05, 3.63) is 0 Å². The lowest BCUT2D eigenvalue weighted by molar-refractivity contribution is -0.0845. The molecular formula is C10H18O2. The second kappa shape index (κ2) is 3.00. The summed E-state index contributed by atoms with van der Waals surface area (Å²) in [5.41, 5.74) is -0.731. The van der Waals surface area contributed by atoms with Gasteiger partial charge in [0.25, 0.3) is 0 Å². The monoisotopic (exact) mass is 170 g/mol. The van der Waals surface area contributed by atoms with Gasteiger partial charge in [0.2, 0.25) is 0 Å². The van der Waals surface area contributed by atoms with E-state index in [1.165, 1.54) is 6.42 Å². The summed E-state index contributed by atoms with van der Waals surface area (Å²) >= 11 is 0. The van der Waals surface area contributed by atoms with Crippen LogP contribution in [0.5, 0.6) is 0 Å². The van der Waals surface area contributed by atoms with E-state index in [1.807, 2.05) is 0 Å². The first kappa shape index (κ1) is 8.52. The van der Waals surface area contributed by atoms with E-state index in [0.717, 1.165) is 44.4 Å². The number of aliphatic hydroxyl groups is 2. The van der Waals surface area contributed by atoms with Crippen LogP contribution in [-0.4, -0.2) is 21.9 Å². The zero-order valence-corrected chi connectivity index (χ0v) is 7.50. The Bertz CT molecular complexity index is 169. The van der Waals surface area contributed by atoms with Crippen molar-refractivity contribution in [1.29, 1.82) is 0 Å². The second-order valence-electron chi connectivity index (χ2n) is 4.49. The first-order chi connectivity index (χ1) is 5.71. The average Bonchev–Trinajstić information content (AvgIpc) is 2.29. The van der Waals surface area contributed by atoms with Crippen molar-refractivity contribution in [1.82, 2.24) is 0 Å². The predicted molar refractivity (Wildman–Crippen MR) is 46.8 cm³/mol. The highest BCUT2D eigenvalue weighted by Gasteiger charge is 2.40. The van der Waals surface area contributed by atoms with Crippen LogP contribution in [0.4, 0.5) is 0 Å². The smallest absolute Gasteiger partial charge is 0.0905 e. The number of aliphatic hydroxyl groups excluding tert-OH is 1. The molecule has 2 aliphatic carbocycles. The van der Waals surface area contributed by atoms with Crippen molar-refractivity contribution >= 4 is 0 Å². The molecule has 2 nitrogen and oxygen atoms in total. The van der Waals surface area contributed by atoms with Crippen molar-refractivity contribution in [2.45, 2.75) is 56.7 Å². The zero-order valence-electron chi connectivity index (χ0n) is 7.50. The second-order valence-corrected chi connectivity index (χ2v) is 4.49. The van der Waals surface area contributed by atoms with Gasteiger partial charge < -0.3 is 10.2 Å². The predicted octanol–water partition coefficient (Wildman–Crippen LogP) is 1.45. The summed E-state index contributed by atoms with van der Waals surface area (Å²) in [6, 6.07) is 0. The minimum Gasteiger partial charge on any atom is -0.390 e. The van der Waals surface area contributed by atoms with Crippen molar-refractivity contribution in [2.24, 2.45) is 5.92 Å². The molecule has 2 rings (SSSR count). The molecule has 2 aliphatic rings. The van der Waals surface area contributed by atoms with Crippen LogP contribution in [0.1, 0.15) is 44.9 Å². The topological polar surface area (TPSA) is 40.5 Å². The number of fused-ring (bicyclic) bond motifs is 3. The molecular weight excluding hydrogens is 152 g/mol. The fourth-order valence-electron chi connectivity index (χ4n) is 2.70. The fraction of sp³-hybridized carbons (Fsp3) is 1.00. The summed E-state index contributed by atoms with van der Waals surface area (Å²) in [6.45, 7) is 0. The molecule has 2 bridgehead atoms. The molecule has 0 spiro atoms. The van der Waals surface area contributed by atoms with E-state index < -0.39 is 11.7 Å². The summed E-state index contributed by atoms with van der Waals surface area (Å²) in [4.78, 5) is 0. The Morgan fingerprint density at radius 1 is 1.00 bits per heavy atom. The van der Waals surface area contributed by atoms with Gasteiger partial charge in [0.15, 0.2) is 0 Å². The van der Waals surface area contributed by atoms with E-state index >= 15 is 0 Å². The number of hydrogen-bond acceptors (Lipinski definition) is 2. The molecule has 2 heteroatoms. The Morgan fingerprint density at radius 2 is 1.83 bits per heavy atom. The molecule has 0 aliphatic heterocycles. The molecule has 0 aromatic rings.